The first-order chi connectivity index (χ1) is 29.2. The quantitative estimate of drug-likeness (QED) is 0.159. The van der Waals surface area contributed by atoms with Gasteiger partial charge < -0.3 is 23.4 Å². The average Bonchev–Trinajstić information content (AvgIpc) is 4.09. The normalized spacial score (nSPS) is 16.9. The third-order valence-corrected chi connectivity index (χ3v) is 10.7. The predicted octanol–water partition coefficient (Wildman–Crippen LogP) is 11.0. The van der Waals surface area contributed by atoms with Crippen molar-refractivity contribution in [2.24, 2.45) is 0 Å². The van der Waals surface area contributed by atoms with Gasteiger partial charge in [-0.2, -0.15) is 0 Å². The minimum absolute atomic E-state index is 0.0266. The van der Waals surface area contributed by atoms with Crippen LogP contribution in [0.5, 0.6) is 0 Å². The van der Waals surface area contributed by atoms with E-state index >= 15 is 0 Å². The van der Waals surface area contributed by atoms with Crippen molar-refractivity contribution in [3.8, 4) is 0 Å². The van der Waals surface area contributed by atoms with Crippen LogP contribution < -0.4 is 0 Å². The van der Waals surface area contributed by atoms with Gasteiger partial charge in [-0.15, -0.1) is 0 Å². The summed E-state index contributed by atoms with van der Waals surface area (Å²) in [6.07, 6.45) is 5.82. The van der Waals surface area contributed by atoms with E-state index in [9.17, 15) is 14.7 Å². The summed E-state index contributed by atoms with van der Waals surface area (Å²) < 4.78 is 22.9. The van der Waals surface area contributed by atoms with Gasteiger partial charge in [-0.1, -0.05) is 121 Å². The van der Waals surface area contributed by atoms with Crippen molar-refractivity contribution >= 4 is 12.2 Å². The highest BCUT2D eigenvalue weighted by molar-refractivity contribution is 5.69. The molecule has 0 saturated carbocycles. The lowest BCUT2D eigenvalue weighted by atomic mass is 9.84. The van der Waals surface area contributed by atoms with Crippen LogP contribution >= 0.6 is 0 Å². The molecule has 2 atom stereocenters. The molecule has 11 nitrogen and oxygen atoms in total. The number of hydrogen-bond acceptors (Lipinski definition) is 9. The number of rotatable bonds is 8. The Balaban J connectivity index is 0.000000184. The highest BCUT2D eigenvalue weighted by Crippen LogP contribution is 2.40. The third-order valence-electron chi connectivity index (χ3n) is 10.7. The second-order valence-corrected chi connectivity index (χ2v) is 17.5. The van der Waals surface area contributed by atoms with Gasteiger partial charge in [-0.3, -0.25) is 9.80 Å². The highest BCUT2D eigenvalue weighted by atomic mass is 16.6. The van der Waals surface area contributed by atoms with Crippen molar-refractivity contribution in [2.75, 3.05) is 13.1 Å². The molecule has 0 unspecified atom stereocenters. The maximum absolute atomic E-state index is 12.7. The maximum Gasteiger partial charge on any atom is 0.410 e. The number of carbonyl (C=O) groups excluding carboxylic acids is 2. The first-order valence-electron chi connectivity index (χ1n) is 21.0. The number of oxazole rings is 2. The van der Waals surface area contributed by atoms with Gasteiger partial charge in [-0.25, -0.2) is 19.6 Å². The lowest BCUT2D eigenvalue weighted by molar-refractivity contribution is 0.0194. The Hall–Kier alpha value is -6.20. The average molecular weight is 825 g/mol. The van der Waals surface area contributed by atoms with Crippen LogP contribution in [0.2, 0.25) is 0 Å². The molecule has 2 aromatic heterocycles. The second-order valence-electron chi connectivity index (χ2n) is 17.5. The van der Waals surface area contributed by atoms with Gasteiger partial charge in [0, 0.05) is 13.1 Å². The van der Waals surface area contributed by atoms with Crippen LogP contribution in [0.3, 0.4) is 0 Å². The Labute approximate surface area is 358 Å². The molecular formula is C50H56N4O7. The Bertz CT molecular complexity index is 2250. The molecule has 2 saturated heterocycles. The first-order valence-corrected chi connectivity index (χ1v) is 21.0. The van der Waals surface area contributed by atoms with Gasteiger partial charge in [0.05, 0.1) is 11.6 Å². The Morgan fingerprint density at radius 2 is 1.00 bits per heavy atom. The van der Waals surface area contributed by atoms with E-state index in [1.165, 1.54) is 6.26 Å². The molecule has 8 rings (SSSR count). The van der Waals surface area contributed by atoms with Crippen LogP contribution in [0.15, 0.2) is 143 Å². The zero-order chi connectivity index (χ0) is 43.2. The first kappa shape index (κ1) is 42.9. The molecule has 0 aliphatic carbocycles. The van der Waals surface area contributed by atoms with Gasteiger partial charge in [0.15, 0.2) is 5.60 Å². The van der Waals surface area contributed by atoms with Crippen LogP contribution in [0.4, 0.5) is 9.59 Å². The molecule has 4 heterocycles. The van der Waals surface area contributed by atoms with E-state index in [0.29, 0.717) is 41.7 Å². The lowest BCUT2D eigenvalue weighted by Gasteiger charge is -2.28. The SMILES string of the molecule is CC(C)(C)OC(=O)N1CCC[C@@H]1c1nc(C(O)(c2ccccc2)c2ccccc2)co1.CC(C)(C)OC(=O)N1CCC[C@@H]1c1nc(C(c2ccccc2)c2ccccc2)co1. The molecule has 2 aliphatic rings. The molecule has 11 heteroatoms. The standard InChI is InChI=1S/C25H28N2O4.C25H28N2O3/c1-24(2,3)31-23(28)27-16-10-15-20(27)22-26-21(17-30-22)25(29,18-11-6-4-7-12-18)19-13-8-5-9-14-19;1-25(2,3)30-24(28)27-16-10-15-21(27)23-26-20(17-29-23)22(18-11-6-4-7-12-18)19-13-8-5-9-14-19/h4-9,11-14,17,20,29H,10,15-16H2,1-3H3;4-9,11-14,17,21-22H,10,15-16H2,1-3H3/t20-;21-/m11/s1. The fourth-order valence-corrected chi connectivity index (χ4v) is 7.96. The molecule has 2 fully saturated rings. The van der Waals surface area contributed by atoms with Crippen molar-refractivity contribution in [3.63, 3.8) is 0 Å². The Morgan fingerprint density at radius 3 is 1.43 bits per heavy atom. The van der Waals surface area contributed by atoms with Crippen LogP contribution in [-0.4, -0.2) is 61.4 Å². The van der Waals surface area contributed by atoms with Gasteiger partial charge in [0.2, 0.25) is 11.8 Å². The third kappa shape index (κ3) is 10.1. The van der Waals surface area contributed by atoms with Crippen LogP contribution in [-0.2, 0) is 15.1 Å². The number of benzene rings is 4. The number of likely N-dealkylation sites (tertiary alicyclic amines) is 2. The Kier molecular flexibility index (Phi) is 12.8. The number of aromatic nitrogens is 2. The van der Waals surface area contributed by atoms with Crippen molar-refractivity contribution < 1.29 is 33.0 Å². The van der Waals surface area contributed by atoms with Gasteiger partial charge in [0.25, 0.3) is 0 Å². The van der Waals surface area contributed by atoms with Crippen molar-refractivity contribution in [2.45, 2.75) is 102 Å². The molecule has 2 aliphatic heterocycles. The van der Waals surface area contributed by atoms with Crippen molar-refractivity contribution in [1.82, 2.24) is 19.8 Å². The number of hydrogen-bond donors (Lipinski definition) is 1. The topological polar surface area (TPSA) is 131 Å². The van der Waals surface area contributed by atoms with Crippen LogP contribution in [0.1, 0.15) is 131 Å². The fraction of sp³-hybridized carbons (Fsp3) is 0.360. The minimum Gasteiger partial charge on any atom is -0.446 e. The highest BCUT2D eigenvalue weighted by Gasteiger charge is 2.41. The number of ether oxygens (including phenoxy) is 2. The summed E-state index contributed by atoms with van der Waals surface area (Å²) in [5.74, 6) is 0.954. The summed E-state index contributed by atoms with van der Waals surface area (Å²) >= 11 is 0. The summed E-state index contributed by atoms with van der Waals surface area (Å²) in [6, 6.07) is 38.9. The van der Waals surface area contributed by atoms with E-state index < -0.39 is 16.8 Å². The van der Waals surface area contributed by atoms with E-state index in [2.05, 4.69) is 29.2 Å². The summed E-state index contributed by atoms with van der Waals surface area (Å²) in [4.78, 5) is 38.3. The fourth-order valence-electron chi connectivity index (χ4n) is 7.96. The minimum atomic E-state index is -1.47. The molecule has 318 valence electrons. The molecule has 0 bridgehead atoms. The summed E-state index contributed by atoms with van der Waals surface area (Å²) in [5, 5.41) is 11.9. The number of nitrogens with zero attached hydrogens (tertiary/aromatic N) is 4. The van der Waals surface area contributed by atoms with Crippen molar-refractivity contribution in [3.05, 3.63) is 179 Å². The van der Waals surface area contributed by atoms with Gasteiger partial charge >= 0.3 is 12.2 Å². The van der Waals surface area contributed by atoms with Crippen molar-refractivity contribution in [1.29, 1.82) is 0 Å². The van der Waals surface area contributed by atoms with E-state index in [1.807, 2.05) is 139 Å². The van der Waals surface area contributed by atoms with E-state index in [1.54, 1.807) is 16.1 Å². The summed E-state index contributed by atoms with van der Waals surface area (Å²) in [6.45, 7) is 12.4. The maximum atomic E-state index is 12.7. The molecule has 0 radical (unpaired) electrons. The second kappa shape index (κ2) is 18.2. The van der Waals surface area contributed by atoms with E-state index in [-0.39, 0.29) is 30.2 Å². The lowest BCUT2D eigenvalue weighted by Crippen LogP contribution is -2.36. The zero-order valence-corrected chi connectivity index (χ0v) is 35.9. The number of amides is 2. The van der Waals surface area contributed by atoms with E-state index in [0.717, 1.165) is 42.5 Å². The molecule has 0 spiro atoms. The van der Waals surface area contributed by atoms with Gasteiger partial charge in [0.1, 0.15) is 41.5 Å². The molecule has 4 aromatic carbocycles. The van der Waals surface area contributed by atoms with Gasteiger partial charge in [-0.05, 0) is 89.5 Å². The molecule has 1 N–H and O–H groups in total. The van der Waals surface area contributed by atoms with Crippen LogP contribution in [0, 0.1) is 0 Å². The number of aliphatic hydroxyl groups is 1. The molecule has 2 amide bonds. The zero-order valence-electron chi connectivity index (χ0n) is 35.9. The monoisotopic (exact) mass is 824 g/mol. The molecule has 6 aromatic rings. The molecular weight excluding hydrogens is 769 g/mol. The summed E-state index contributed by atoms with van der Waals surface area (Å²) in [5.41, 5.74) is 2.34. The smallest absolute Gasteiger partial charge is 0.410 e. The molecule has 61 heavy (non-hydrogen) atoms. The van der Waals surface area contributed by atoms with E-state index in [4.69, 9.17) is 23.3 Å². The van der Waals surface area contributed by atoms with Crippen LogP contribution in [0.25, 0.3) is 0 Å². The summed E-state index contributed by atoms with van der Waals surface area (Å²) in [7, 11) is 0. The predicted molar refractivity (Wildman–Crippen MR) is 232 cm³/mol. The largest absolute Gasteiger partial charge is 0.446 e. The number of carbonyl (C=O) groups is 2. The Morgan fingerprint density at radius 1 is 0.607 bits per heavy atom.